The second-order valence-corrected chi connectivity index (χ2v) is 4.95. The molecule has 1 aromatic heterocycles. The van der Waals surface area contributed by atoms with Crippen LogP contribution in [0.4, 0.5) is 0 Å². The fourth-order valence-corrected chi connectivity index (χ4v) is 2.28. The first-order chi connectivity index (χ1) is 7.54. The minimum absolute atomic E-state index is 0.152. The molecular weight excluding hydrogens is 200 g/mol. The molecule has 0 aliphatic carbocycles. The smallest absolute Gasteiger partial charge is 0.109 e. The number of aryl methyl sites for hydroxylation is 1. The Bertz CT molecular complexity index is 380. The molecule has 0 N–H and O–H groups in total. The van der Waals surface area contributed by atoms with Gasteiger partial charge in [0, 0.05) is 5.92 Å². The van der Waals surface area contributed by atoms with Gasteiger partial charge >= 0.3 is 0 Å². The minimum Gasteiger partial charge on any atom is -0.466 e. The molecule has 1 saturated heterocycles. The molecule has 0 radical (unpaired) electrons. The average molecular weight is 220 g/mol. The van der Waals surface area contributed by atoms with Crippen LogP contribution in [0.15, 0.2) is 29.2 Å². The van der Waals surface area contributed by atoms with E-state index in [4.69, 9.17) is 9.15 Å². The van der Waals surface area contributed by atoms with Crippen molar-refractivity contribution >= 4 is 0 Å². The lowest BCUT2D eigenvalue weighted by atomic mass is 9.97. The zero-order chi connectivity index (χ0) is 11.8. The predicted octanol–water partition coefficient (Wildman–Crippen LogP) is 3.82. The molecule has 0 bridgehead atoms. The van der Waals surface area contributed by atoms with Crippen molar-refractivity contribution in [3.8, 4) is 0 Å². The van der Waals surface area contributed by atoms with Gasteiger partial charge in [-0.25, -0.2) is 0 Å². The first-order valence-electron chi connectivity index (χ1n) is 5.92. The fourth-order valence-electron chi connectivity index (χ4n) is 2.28. The molecule has 0 amide bonds. The number of hydrogen-bond acceptors (Lipinski definition) is 2. The van der Waals surface area contributed by atoms with Crippen LogP contribution in [0.25, 0.3) is 0 Å². The van der Waals surface area contributed by atoms with Crippen molar-refractivity contribution in [1.29, 1.82) is 0 Å². The van der Waals surface area contributed by atoms with Gasteiger partial charge in [0.25, 0.3) is 0 Å². The maximum absolute atomic E-state index is 6.05. The zero-order valence-corrected chi connectivity index (χ0v) is 10.3. The van der Waals surface area contributed by atoms with Crippen molar-refractivity contribution in [2.24, 2.45) is 0 Å². The molecule has 88 valence electrons. The van der Waals surface area contributed by atoms with E-state index in [-0.39, 0.29) is 11.7 Å². The largest absolute Gasteiger partial charge is 0.466 e. The summed E-state index contributed by atoms with van der Waals surface area (Å²) in [5, 5.41) is 0. The topological polar surface area (TPSA) is 22.4 Å². The third-order valence-corrected chi connectivity index (χ3v) is 3.55. The molecule has 1 fully saturated rings. The van der Waals surface area contributed by atoms with Gasteiger partial charge in [0.05, 0.1) is 11.7 Å². The second kappa shape index (κ2) is 4.10. The third kappa shape index (κ3) is 2.07. The van der Waals surface area contributed by atoms with E-state index in [9.17, 15) is 0 Å². The zero-order valence-electron chi connectivity index (χ0n) is 10.3. The Morgan fingerprint density at radius 1 is 1.56 bits per heavy atom. The molecule has 2 rings (SSSR count). The first kappa shape index (κ1) is 11.5. The van der Waals surface area contributed by atoms with E-state index in [0.717, 1.165) is 24.4 Å². The van der Waals surface area contributed by atoms with Crippen LogP contribution in [-0.2, 0) is 4.74 Å². The van der Waals surface area contributed by atoms with E-state index in [1.807, 2.05) is 25.1 Å². The maximum atomic E-state index is 6.05. The van der Waals surface area contributed by atoms with Gasteiger partial charge in [-0.3, -0.25) is 0 Å². The summed E-state index contributed by atoms with van der Waals surface area (Å²) < 4.78 is 11.7. The van der Waals surface area contributed by atoms with Crippen LogP contribution < -0.4 is 0 Å². The molecule has 16 heavy (non-hydrogen) atoms. The van der Waals surface area contributed by atoms with Gasteiger partial charge in [0.15, 0.2) is 0 Å². The lowest BCUT2D eigenvalue weighted by Gasteiger charge is -2.23. The predicted molar refractivity (Wildman–Crippen MR) is 64.6 cm³/mol. The van der Waals surface area contributed by atoms with E-state index in [1.165, 1.54) is 0 Å². The molecule has 3 atom stereocenters. The summed E-state index contributed by atoms with van der Waals surface area (Å²) in [5.41, 5.74) is -0.152. The van der Waals surface area contributed by atoms with Gasteiger partial charge in [0.1, 0.15) is 11.5 Å². The van der Waals surface area contributed by atoms with Crippen LogP contribution in [-0.4, -0.2) is 11.7 Å². The summed E-state index contributed by atoms with van der Waals surface area (Å²) in [7, 11) is 0. The van der Waals surface area contributed by atoms with Gasteiger partial charge in [-0.05, 0) is 38.8 Å². The monoisotopic (exact) mass is 220 g/mol. The molecule has 0 saturated carbocycles. The lowest BCUT2D eigenvalue weighted by Crippen LogP contribution is -2.24. The summed E-state index contributed by atoms with van der Waals surface area (Å²) in [4.78, 5) is 0. The third-order valence-electron chi connectivity index (χ3n) is 3.55. The fraction of sp³-hybridized carbons (Fsp3) is 0.571. The van der Waals surface area contributed by atoms with Crippen LogP contribution in [0.3, 0.4) is 0 Å². The number of rotatable bonds is 3. The quantitative estimate of drug-likeness (QED) is 0.723. The Balaban J connectivity index is 2.07. The highest BCUT2D eigenvalue weighted by Gasteiger charge is 2.37. The van der Waals surface area contributed by atoms with Gasteiger partial charge in [-0.2, -0.15) is 0 Å². The lowest BCUT2D eigenvalue weighted by molar-refractivity contribution is -0.00806. The minimum atomic E-state index is -0.152. The average Bonchev–Trinajstić information content (AvgIpc) is 2.85. The highest BCUT2D eigenvalue weighted by molar-refractivity contribution is 5.13. The van der Waals surface area contributed by atoms with Gasteiger partial charge in [-0.1, -0.05) is 13.0 Å². The molecule has 2 nitrogen and oxygen atoms in total. The van der Waals surface area contributed by atoms with Crippen LogP contribution >= 0.6 is 0 Å². The number of hydrogen-bond donors (Lipinski definition) is 0. The van der Waals surface area contributed by atoms with E-state index < -0.39 is 0 Å². The van der Waals surface area contributed by atoms with Gasteiger partial charge in [-0.15, -0.1) is 6.58 Å². The van der Waals surface area contributed by atoms with Crippen molar-refractivity contribution in [3.63, 3.8) is 0 Å². The summed E-state index contributed by atoms with van der Waals surface area (Å²) in [5.74, 6) is 2.30. The second-order valence-electron chi connectivity index (χ2n) is 4.95. The number of ether oxygens (including phenoxy) is 1. The molecule has 0 unspecified atom stereocenters. The molecule has 1 aliphatic rings. The van der Waals surface area contributed by atoms with Crippen LogP contribution in [0.2, 0.25) is 0 Å². The molecule has 2 heterocycles. The number of furan rings is 1. The Hall–Kier alpha value is -1.02. The van der Waals surface area contributed by atoms with Crippen molar-refractivity contribution in [2.45, 2.75) is 51.2 Å². The van der Waals surface area contributed by atoms with Crippen molar-refractivity contribution in [1.82, 2.24) is 0 Å². The Kier molecular flexibility index (Phi) is 2.94. The van der Waals surface area contributed by atoms with Crippen molar-refractivity contribution < 1.29 is 9.15 Å². The molecule has 2 heteroatoms. The highest BCUT2D eigenvalue weighted by Crippen LogP contribution is 2.38. The summed E-state index contributed by atoms with van der Waals surface area (Å²) in [6.07, 6.45) is 4.27. The van der Waals surface area contributed by atoms with Gasteiger partial charge in [0.2, 0.25) is 0 Å². The standard InChI is InChI=1S/C14H20O2/c1-5-14(4)9-8-13(16-14)11(3)12-7-6-10(2)15-12/h5-7,11,13H,1,8-9H2,2-4H3/t11-,13-,14-/m0/s1. The van der Waals surface area contributed by atoms with E-state index in [1.54, 1.807) is 0 Å². The van der Waals surface area contributed by atoms with Crippen LogP contribution in [0.1, 0.15) is 44.1 Å². The van der Waals surface area contributed by atoms with Crippen molar-refractivity contribution in [2.75, 3.05) is 0 Å². The van der Waals surface area contributed by atoms with Crippen LogP contribution in [0, 0.1) is 6.92 Å². The summed E-state index contributed by atoms with van der Waals surface area (Å²) >= 11 is 0. The Morgan fingerprint density at radius 2 is 2.31 bits per heavy atom. The Morgan fingerprint density at radius 3 is 2.81 bits per heavy atom. The van der Waals surface area contributed by atoms with E-state index in [2.05, 4.69) is 20.4 Å². The molecule has 0 spiro atoms. The summed E-state index contributed by atoms with van der Waals surface area (Å²) in [6.45, 7) is 10.1. The van der Waals surface area contributed by atoms with Crippen molar-refractivity contribution in [3.05, 3.63) is 36.3 Å². The maximum Gasteiger partial charge on any atom is 0.109 e. The van der Waals surface area contributed by atoms with E-state index >= 15 is 0 Å². The first-order valence-corrected chi connectivity index (χ1v) is 5.92. The van der Waals surface area contributed by atoms with E-state index in [0.29, 0.717) is 5.92 Å². The molecule has 0 aromatic carbocycles. The normalized spacial score (nSPS) is 31.6. The van der Waals surface area contributed by atoms with Crippen LogP contribution in [0.5, 0.6) is 0 Å². The molecule has 1 aliphatic heterocycles. The highest BCUT2D eigenvalue weighted by atomic mass is 16.5. The Labute approximate surface area is 97.3 Å². The molecule has 1 aromatic rings. The van der Waals surface area contributed by atoms with Gasteiger partial charge < -0.3 is 9.15 Å². The molecular formula is C14H20O2. The SMILES string of the molecule is C=C[C@@]1(C)CC[C@@H]([C@@H](C)c2ccc(C)o2)O1. The summed E-state index contributed by atoms with van der Waals surface area (Å²) in [6, 6.07) is 4.06.